The fourth-order valence-corrected chi connectivity index (χ4v) is 1.07. The summed E-state index contributed by atoms with van der Waals surface area (Å²) >= 11 is 0. The van der Waals surface area contributed by atoms with Crippen LogP contribution in [0.5, 0.6) is 0 Å². The molecule has 0 aliphatic carbocycles. The topological polar surface area (TPSA) is 20.3 Å². The van der Waals surface area contributed by atoms with E-state index in [0.29, 0.717) is 11.3 Å². The van der Waals surface area contributed by atoms with E-state index in [0.717, 1.165) is 0 Å². The van der Waals surface area contributed by atoms with Crippen LogP contribution < -0.4 is 0 Å². The molecule has 1 heterocycles. The number of alkyl halides is 3. The number of amides is 1. The first-order valence-electron chi connectivity index (χ1n) is 3.34. The van der Waals surface area contributed by atoms with Gasteiger partial charge in [-0.3, -0.25) is 4.79 Å². The summed E-state index contributed by atoms with van der Waals surface area (Å²) in [4.78, 5) is 11.3. The monoisotopic (exact) mass is 167 g/mol. The first-order valence-corrected chi connectivity index (χ1v) is 3.34. The number of nitrogens with zero attached hydrogens (tertiary/aromatic N) is 1. The van der Waals surface area contributed by atoms with Crippen LogP contribution in [0.2, 0.25) is 0 Å². The van der Waals surface area contributed by atoms with Gasteiger partial charge in [0.15, 0.2) is 0 Å². The van der Waals surface area contributed by atoms with E-state index in [1.54, 1.807) is 0 Å². The minimum absolute atomic E-state index is 0.115. The number of hydrogen-bond donors (Lipinski definition) is 0. The SMILES string of the molecule is O=C1CCCN1C(F)C(F)F. The summed E-state index contributed by atoms with van der Waals surface area (Å²) in [6, 6.07) is 0. The van der Waals surface area contributed by atoms with E-state index in [1.165, 1.54) is 0 Å². The molecule has 2 nitrogen and oxygen atoms in total. The lowest BCUT2D eigenvalue weighted by Gasteiger charge is -2.19. The Morgan fingerprint density at radius 1 is 1.36 bits per heavy atom. The summed E-state index contributed by atoms with van der Waals surface area (Å²) in [5.41, 5.74) is 0. The fraction of sp³-hybridized carbons (Fsp3) is 0.833. The van der Waals surface area contributed by atoms with E-state index in [1.807, 2.05) is 0 Å². The van der Waals surface area contributed by atoms with Crippen molar-refractivity contribution in [3.63, 3.8) is 0 Å². The summed E-state index contributed by atoms with van der Waals surface area (Å²) < 4.78 is 35.8. The van der Waals surface area contributed by atoms with Crippen LogP contribution in [0, 0.1) is 0 Å². The zero-order chi connectivity index (χ0) is 8.43. The lowest BCUT2D eigenvalue weighted by Crippen LogP contribution is -2.37. The van der Waals surface area contributed by atoms with Crippen molar-refractivity contribution >= 4 is 5.91 Å². The molecule has 1 fully saturated rings. The number of rotatable bonds is 2. The third kappa shape index (κ3) is 1.64. The van der Waals surface area contributed by atoms with Crippen molar-refractivity contribution in [2.75, 3.05) is 6.54 Å². The maximum atomic E-state index is 12.4. The van der Waals surface area contributed by atoms with Gasteiger partial charge in [-0.05, 0) is 6.42 Å². The molecule has 1 saturated heterocycles. The number of carbonyl (C=O) groups excluding carboxylic acids is 1. The van der Waals surface area contributed by atoms with Gasteiger partial charge < -0.3 is 4.90 Å². The summed E-state index contributed by atoms with van der Waals surface area (Å²) in [7, 11) is 0. The van der Waals surface area contributed by atoms with Gasteiger partial charge in [-0.15, -0.1) is 0 Å². The molecule has 1 unspecified atom stereocenters. The van der Waals surface area contributed by atoms with Gasteiger partial charge in [0.25, 0.3) is 6.43 Å². The summed E-state index contributed by atoms with van der Waals surface area (Å²) in [6.45, 7) is 0.115. The standard InChI is InChI=1S/C6H8F3NO/c7-5(8)6(9)10-3-1-2-4(10)11/h5-6H,1-3H2. The van der Waals surface area contributed by atoms with Gasteiger partial charge in [-0.25, -0.2) is 13.2 Å². The quantitative estimate of drug-likeness (QED) is 0.565. The van der Waals surface area contributed by atoms with Crippen LogP contribution in [0.1, 0.15) is 12.8 Å². The Morgan fingerprint density at radius 3 is 2.36 bits per heavy atom. The highest BCUT2D eigenvalue weighted by Gasteiger charge is 2.33. The molecule has 0 radical (unpaired) electrons. The molecule has 0 spiro atoms. The Balaban J connectivity index is 2.52. The van der Waals surface area contributed by atoms with Crippen LogP contribution in [0.4, 0.5) is 13.2 Å². The molecule has 64 valence electrons. The Kier molecular flexibility index (Phi) is 2.36. The van der Waals surface area contributed by atoms with E-state index in [2.05, 4.69) is 0 Å². The Hall–Kier alpha value is -0.740. The van der Waals surface area contributed by atoms with E-state index < -0.39 is 18.6 Å². The van der Waals surface area contributed by atoms with E-state index in [-0.39, 0.29) is 13.0 Å². The Morgan fingerprint density at radius 2 is 2.00 bits per heavy atom. The number of carbonyl (C=O) groups is 1. The van der Waals surface area contributed by atoms with Crippen LogP contribution in [0.25, 0.3) is 0 Å². The van der Waals surface area contributed by atoms with Crippen molar-refractivity contribution in [2.45, 2.75) is 25.6 Å². The van der Waals surface area contributed by atoms with Gasteiger partial charge in [-0.2, -0.15) is 0 Å². The van der Waals surface area contributed by atoms with Gasteiger partial charge in [0.1, 0.15) is 0 Å². The number of hydrogen-bond acceptors (Lipinski definition) is 1. The molecule has 1 amide bonds. The van der Waals surface area contributed by atoms with E-state index in [9.17, 15) is 18.0 Å². The lowest BCUT2D eigenvalue weighted by atomic mass is 10.4. The molecular formula is C6H8F3NO. The van der Waals surface area contributed by atoms with Crippen molar-refractivity contribution in [2.24, 2.45) is 0 Å². The molecule has 1 atom stereocenters. The minimum Gasteiger partial charge on any atom is -0.308 e. The van der Waals surface area contributed by atoms with Crippen LogP contribution in [-0.2, 0) is 4.79 Å². The third-order valence-corrected chi connectivity index (χ3v) is 1.62. The van der Waals surface area contributed by atoms with Gasteiger partial charge in [0, 0.05) is 13.0 Å². The predicted molar refractivity (Wildman–Crippen MR) is 31.8 cm³/mol. The second-order valence-corrected chi connectivity index (χ2v) is 2.40. The highest BCUT2D eigenvalue weighted by molar-refractivity contribution is 5.78. The maximum Gasteiger partial charge on any atom is 0.287 e. The zero-order valence-corrected chi connectivity index (χ0v) is 5.77. The third-order valence-electron chi connectivity index (χ3n) is 1.62. The molecule has 0 aromatic carbocycles. The Labute approximate surface area is 62.0 Å². The molecular weight excluding hydrogens is 159 g/mol. The van der Waals surface area contributed by atoms with Gasteiger partial charge >= 0.3 is 0 Å². The number of likely N-dealkylation sites (tertiary alicyclic amines) is 1. The van der Waals surface area contributed by atoms with E-state index >= 15 is 0 Å². The summed E-state index contributed by atoms with van der Waals surface area (Å²) in [5, 5.41) is 0. The predicted octanol–water partition coefficient (Wildman–Crippen LogP) is 1.17. The first-order chi connectivity index (χ1) is 5.13. The van der Waals surface area contributed by atoms with Crippen molar-refractivity contribution < 1.29 is 18.0 Å². The lowest BCUT2D eigenvalue weighted by molar-refractivity contribution is -0.139. The van der Waals surface area contributed by atoms with Crippen molar-refractivity contribution in [1.82, 2.24) is 4.90 Å². The van der Waals surface area contributed by atoms with Gasteiger partial charge in [-0.1, -0.05) is 0 Å². The molecule has 0 aromatic heterocycles. The normalized spacial score (nSPS) is 21.5. The molecule has 1 rings (SSSR count). The Bertz CT molecular complexity index is 162. The average molecular weight is 167 g/mol. The van der Waals surface area contributed by atoms with Crippen LogP contribution in [-0.4, -0.2) is 30.1 Å². The van der Waals surface area contributed by atoms with Crippen molar-refractivity contribution in [3.05, 3.63) is 0 Å². The highest BCUT2D eigenvalue weighted by atomic mass is 19.3. The van der Waals surface area contributed by atoms with Crippen LogP contribution in [0.3, 0.4) is 0 Å². The number of halogens is 3. The molecule has 11 heavy (non-hydrogen) atoms. The van der Waals surface area contributed by atoms with Crippen molar-refractivity contribution in [3.8, 4) is 0 Å². The van der Waals surface area contributed by atoms with E-state index in [4.69, 9.17) is 0 Å². The summed E-state index contributed by atoms with van der Waals surface area (Å²) in [6.07, 6.45) is -4.83. The minimum atomic E-state index is -3.09. The van der Waals surface area contributed by atoms with Crippen LogP contribution >= 0.6 is 0 Å². The molecule has 0 N–H and O–H groups in total. The summed E-state index contributed by atoms with van der Waals surface area (Å²) in [5.74, 6) is -0.516. The fourth-order valence-electron chi connectivity index (χ4n) is 1.07. The second kappa shape index (κ2) is 3.11. The first kappa shape index (κ1) is 8.36. The highest BCUT2D eigenvalue weighted by Crippen LogP contribution is 2.18. The molecule has 1 aliphatic rings. The van der Waals surface area contributed by atoms with Gasteiger partial charge in [0.05, 0.1) is 0 Å². The molecule has 1 aliphatic heterocycles. The smallest absolute Gasteiger partial charge is 0.287 e. The molecule has 0 bridgehead atoms. The van der Waals surface area contributed by atoms with Crippen molar-refractivity contribution in [1.29, 1.82) is 0 Å². The molecule has 0 aromatic rings. The average Bonchev–Trinajstić information content (AvgIpc) is 2.33. The molecule has 0 saturated carbocycles. The molecule has 5 heteroatoms. The van der Waals surface area contributed by atoms with Gasteiger partial charge in [0.2, 0.25) is 12.2 Å². The second-order valence-electron chi connectivity index (χ2n) is 2.40. The maximum absolute atomic E-state index is 12.4. The zero-order valence-electron chi connectivity index (χ0n) is 5.77. The van der Waals surface area contributed by atoms with Crippen LogP contribution in [0.15, 0.2) is 0 Å². The largest absolute Gasteiger partial charge is 0.308 e.